The Labute approximate surface area is 128 Å². The number of rotatable bonds is 2. The van der Waals surface area contributed by atoms with Crippen LogP contribution in [0.5, 0.6) is 0 Å². The Morgan fingerprint density at radius 3 is 2.20 bits per heavy atom. The summed E-state index contributed by atoms with van der Waals surface area (Å²) < 4.78 is 35.9. The largest absolute Gasteiger partial charge is 1.00 e. The Kier molecular flexibility index (Phi) is 5.83. The van der Waals surface area contributed by atoms with Crippen molar-refractivity contribution in [2.45, 2.75) is 0 Å². The van der Waals surface area contributed by atoms with E-state index in [4.69, 9.17) is 0 Å². The molecule has 0 saturated carbocycles. The molecule has 4 nitrogen and oxygen atoms in total. The van der Waals surface area contributed by atoms with E-state index >= 15 is 0 Å². The third kappa shape index (κ3) is 4.43. The van der Waals surface area contributed by atoms with Gasteiger partial charge in [0, 0.05) is 20.1 Å². The Hall–Kier alpha value is 0.431. The van der Waals surface area contributed by atoms with Crippen molar-refractivity contribution < 1.29 is 73.9 Å². The van der Waals surface area contributed by atoms with Crippen LogP contribution in [0.25, 0.3) is 0 Å². The van der Waals surface area contributed by atoms with E-state index in [2.05, 4.69) is 0 Å². The SMILES string of the molecule is CN1CCN(C[B-](F)(F)F)C(=O)C1=O.[K+]. The first kappa shape index (κ1) is 15.4. The number of nitrogens with zero attached hydrogens (tertiary/aromatic N) is 2. The van der Waals surface area contributed by atoms with Crippen LogP contribution in [-0.4, -0.2) is 55.2 Å². The van der Waals surface area contributed by atoms with Crippen molar-refractivity contribution in [3.63, 3.8) is 0 Å². The number of hydrogen-bond donors (Lipinski definition) is 0. The van der Waals surface area contributed by atoms with Crippen LogP contribution in [0.2, 0.25) is 0 Å². The van der Waals surface area contributed by atoms with Gasteiger partial charge in [0.15, 0.2) is 0 Å². The van der Waals surface area contributed by atoms with Crippen molar-refractivity contribution in [3.05, 3.63) is 0 Å². The average molecular weight is 248 g/mol. The van der Waals surface area contributed by atoms with E-state index < -0.39 is 25.2 Å². The van der Waals surface area contributed by atoms with E-state index in [1.807, 2.05) is 0 Å². The molecule has 9 heteroatoms. The van der Waals surface area contributed by atoms with Crippen LogP contribution >= 0.6 is 0 Å². The predicted octanol–water partition coefficient (Wildman–Crippen LogP) is -3.32. The van der Waals surface area contributed by atoms with E-state index in [9.17, 15) is 22.5 Å². The molecule has 0 unspecified atom stereocenters. The number of carbonyl (C=O) groups is 2. The van der Waals surface area contributed by atoms with Gasteiger partial charge in [0.05, 0.1) is 0 Å². The Bertz CT molecular complexity index is 274. The van der Waals surface area contributed by atoms with Gasteiger partial charge in [0.1, 0.15) is 0 Å². The first-order chi connectivity index (χ1) is 6.31. The molecular weight excluding hydrogens is 239 g/mol. The summed E-state index contributed by atoms with van der Waals surface area (Å²) in [5, 5.41) is 0. The first-order valence-corrected chi connectivity index (χ1v) is 4.06. The zero-order valence-corrected chi connectivity index (χ0v) is 11.7. The quantitative estimate of drug-likeness (QED) is 0.379. The molecular formula is C6H9BF3KN2O2. The normalized spacial score (nSPS) is 17.9. The second kappa shape index (κ2) is 5.67. The second-order valence-electron chi connectivity index (χ2n) is 3.19. The Balaban J connectivity index is 0.00000196. The second-order valence-corrected chi connectivity index (χ2v) is 3.19. The fourth-order valence-electron chi connectivity index (χ4n) is 1.20. The third-order valence-corrected chi connectivity index (χ3v) is 1.95. The summed E-state index contributed by atoms with van der Waals surface area (Å²) in [4.78, 5) is 23.7. The zero-order valence-electron chi connectivity index (χ0n) is 8.54. The van der Waals surface area contributed by atoms with Crippen molar-refractivity contribution in [3.8, 4) is 0 Å². The van der Waals surface area contributed by atoms with E-state index in [1.165, 1.54) is 7.05 Å². The minimum atomic E-state index is -5.06. The van der Waals surface area contributed by atoms with Gasteiger partial charge in [0.2, 0.25) is 0 Å². The molecule has 0 spiro atoms. The molecule has 0 atom stereocenters. The van der Waals surface area contributed by atoms with Crippen molar-refractivity contribution in [1.82, 2.24) is 9.80 Å². The Morgan fingerprint density at radius 1 is 1.20 bits per heavy atom. The van der Waals surface area contributed by atoms with Gasteiger partial charge in [-0.05, 0) is 6.44 Å². The molecule has 15 heavy (non-hydrogen) atoms. The summed E-state index contributed by atoms with van der Waals surface area (Å²) in [5.41, 5.74) is 0. The number of halogens is 3. The summed E-state index contributed by atoms with van der Waals surface area (Å²) in [6, 6.07) is 0. The molecule has 0 aromatic carbocycles. The van der Waals surface area contributed by atoms with Crippen LogP contribution in [-0.2, 0) is 9.59 Å². The summed E-state index contributed by atoms with van der Waals surface area (Å²) in [6.45, 7) is -4.96. The molecule has 2 amide bonds. The van der Waals surface area contributed by atoms with Crippen molar-refractivity contribution >= 4 is 18.8 Å². The molecule has 0 aromatic rings. The van der Waals surface area contributed by atoms with Crippen LogP contribution in [0.4, 0.5) is 12.9 Å². The minimum absolute atomic E-state index is 0. The van der Waals surface area contributed by atoms with E-state index in [0.717, 1.165) is 4.90 Å². The topological polar surface area (TPSA) is 40.6 Å². The molecule has 80 valence electrons. The molecule has 1 aliphatic rings. The summed E-state index contributed by atoms with van der Waals surface area (Å²) in [5.74, 6) is -1.95. The van der Waals surface area contributed by atoms with Gasteiger partial charge in [-0.25, -0.2) is 0 Å². The van der Waals surface area contributed by atoms with Gasteiger partial charge in [-0.2, -0.15) is 0 Å². The minimum Gasteiger partial charge on any atom is -0.448 e. The summed E-state index contributed by atoms with van der Waals surface area (Å²) in [6.07, 6.45) is -1.29. The van der Waals surface area contributed by atoms with Crippen molar-refractivity contribution in [2.24, 2.45) is 0 Å². The maximum atomic E-state index is 12.0. The number of amides is 2. The monoisotopic (exact) mass is 248 g/mol. The van der Waals surface area contributed by atoms with E-state index in [-0.39, 0.29) is 64.5 Å². The molecule has 1 aliphatic heterocycles. The average Bonchev–Trinajstić information content (AvgIpc) is 2.04. The fourth-order valence-corrected chi connectivity index (χ4v) is 1.20. The number of piperazine rings is 1. The van der Waals surface area contributed by atoms with Crippen molar-refractivity contribution in [1.29, 1.82) is 0 Å². The Morgan fingerprint density at radius 2 is 1.73 bits per heavy atom. The summed E-state index contributed by atoms with van der Waals surface area (Å²) >= 11 is 0. The van der Waals surface area contributed by atoms with Crippen LogP contribution in [0, 0.1) is 0 Å². The van der Waals surface area contributed by atoms with Crippen LogP contribution in [0.1, 0.15) is 0 Å². The summed E-state index contributed by atoms with van der Waals surface area (Å²) in [7, 11) is 1.39. The molecule has 1 rings (SSSR count). The zero-order chi connectivity index (χ0) is 10.9. The molecule has 0 N–H and O–H groups in total. The number of hydrogen-bond acceptors (Lipinski definition) is 2. The maximum Gasteiger partial charge on any atom is 1.00 e. The fraction of sp³-hybridized carbons (Fsp3) is 0.667. The third-order valence-electron chi connectivity index (χ3n) is 1.95. The van der Waals surface area contributed by atoms with Crippen LogP contribution < -0.4 is 51.4 Å². The molecule has 0 aromatic heterocycles. The van der Waals surface area contributed by atoms with Crippen LogP contribution in [0.15, 0.2) is 0 Å². The van der Waals surface area contributed by atoms with Gasteiger partial charge < -0.3 is 22.7 Å². The molecule has 0 aliphatic carbocycles. The maximum absolute atomic E-state index is 12.0. The van der Waals surface area contributed by atoms with Gasteiger partial charge in [-0.15, -0.1) is 0 Å². The van der Waals surface area contributed by atoms with Crippen molar-refractivity contribution in [2.75, 3.05) is 26.6 Å². The molecule has 1 saturated heterocycles. The predicted molar refractivity (Wildman–Crippen MR) is 43.3 cm³/mol. The van der Waals surface area contributed by atoms with Crippen LogP contribution in [0.3, 0.4) is 0 Å². The number of likely N-dealkylation sites (N-methyl/N-ethyl adjacent to an activating group) is 1. The van der Waals surface area contributed by atoms with Gasteiger partial charge in [-0.1, -0.05) is 0 Å². The molecule has 1 fully saturated rings. The molecule has 0 radical (unpaired) electrons. The van der Waals surface area contributed by atoms with Gasteiger partial charge >= 0.3 is 70.2 Å². The smallest absolute Gasteiger partial charge is 0.448 e. The standard InChI is InChI=1S/C6H9BF3N2O2.K/c1-11-2-3-12(4-7(8,9)10)6(14)5(11)13;/h2-4H2,1H3;/q-1;+1. The van der Waals surface area contributed by atoms with Gasteiger partial charge in [0.25, 0.3) is 0 Å². The number of carbonyl (C=O) groups excluding carboxylic acids is 2. The molecule has 0 bridgehead atoms. The molecule has 1 heterocycles. The first-order valence-electron chi connectivity index (χ1n) is 4.06. The van der Waals surface area contributed by atoms with E-state index in [1.54, 1.807) is 0 Å². The van der Waals surface area contributed by atoms with Gasteiger partial charge in [-0.3, -0.25) is 9.59 Å². The van der Waals surface area contributed by atoms with E-state index in [0.29, 0.717) is 4.90 Å².